The van der Waals surface area contributed by atoms with Gasteiger partial charge in [-0.05, 0) is 43.0 Å². The van der Waals surface area contributed by atoms with Crippen LogP contribution in [0.3, 0.4) is 0 Å². The molecule has 0 aliphatic carbocycles. The molecule has 2 aromatic rings. The van der Waals surface area contributed by atoms with Crippen molar-refractivity contribution in [1.82, 2.24) is 9.88 Å². The van der Waals surface area contributed by atoms with Crippen molar-refractivity contribution >= 4 is 10.9 Å². The Morgan fingerprint density at radius 1 is 1.32 bits per heavy atom. The Kier molecular flexibility index (Phi) is 3.37. The van der Waals surface area contributed by atoms with Crippen LogP contribution in [-0.2, 0) is 0 Å². The monoisotopic (exact) mass is 292 g/mol. The third-order valence-electron chi connectivity index (χ3n) is 5.38. The van der Waals surface area contributed by atoms with Gasteiger partial charge in [-0.1, -0.05) is 18.2 Å². The molecule has 0 saturated carbocycles. The summed E-state index contributed by atoms with van der Waals surface area (Å²) in [6.45, 7) is 1.97. The number of terminal acetylenes is 1. The second-order valence-corrected chi connectivity index (χ2v) is 6.48. The number of benzene rings is 1. The number of hydrogen-bond donors (Lipinski definition) is 1. The Morgan fingerprint density at radius 2 is 2.18 bits per heavy atom. The lowest BCUT2D eigenvalue weighted by molar-refractivity contribution is -0.0425. The molecule has 1 N–H and O–H groups in total. The first-order valence-corrected chi connectivity index (χ1v) is 8.00. The Balaban J connectivity index is 1.67. The van der Waals surface area contributed by atoms with Crippen molar-refractivity contribution in [2.24, 2.45) is 11.8 Å². The van der Waals surface area contributed by atoms with Gasteiger partial charge in [-0.3, -0.25) is 9.88 Å². The maximum atomic E-state index is 11.0. The normalized spacial score (nSPS) is 31.8. The van der Waals surface area contributed by atoms with E-state index >= 15 is 0 Å². The summed E-state index contributed by atoms with van der Waals surface area (Å²) in [6.07, 6.45) is 9.12. The third kappa shape index (κ3) is 2.11. The summed E-state index contributed by atoms with van der Waals surface area (Å²) in [5, 5.41) is 12.1. The number of aliphatic hydroxyl groups is 1. The molecule has 1 unspecified atom stereocenters. The molecule has 3 saturated heterocycles. The Labute approximate surface area is 131 Å². The summed E-state index contributed by atoms with van der Waals surface area (Å²) >= 11 is 0. The fourth-order valence-electron chi connectivity index (χ4n) is 4.17. The predicted octanol–water partition coefficient (Wildman–Crippen LogP) is 2.61. The first-order valence-electron chi connectivity index (χ1n) is 8.00. The van der Waals surface area contributed by atoms with Gasteiger partial charge in [0.25, 0.3) is 0 Å². The summed E-state index contributed by atoms with van der Waals surface area (Å²) in [5.41, 5.74) is 1.93. The molecule has 0 spiro atoms. The molecule has 22 heavy (non-hydrogen) atoms. The summed E-state index contributed by atoms with van der Waals surface area (Å²) in [4.78, 5) is 6.77. The van der Waals surface area contributed by atoms with E-state index in [0.717, 1.165) is 42.4 Å². The van der Waals surface area contributed by atoms with E-state index in [2.05, 4.69) is 15.8 Å². The smallest absolute Gasteiger partial charge is 0.0952 e. The lowest BCUT2D eigenvalue weighted by Crippen LogP contribution is -2.55. The SMILES string of the molecule is C#C[C@H]1CN2CC[C@H]1C[C@H]2[C@H](O)c1ccnc2ccccc12. The maximum Gasteiger partial charge on any atom is 0.0952 e. The number of hydrogen-bond acceptors (Lipinski definition) is 3. The number of pyridine rings is 1. The lowest BCUT2D eigenvalue weighted by atomic mass is 9.74. The fourth-order valence-corrected chi connectivity index (χ4v) is 4.17. The highest BCUT2D eigenvalue weighted by molar-refractivity contribution is 5.82. The van der Waals surface area contributed by atoms with Crippen molar-refractivity contribution in [3.8, 4) is 12.3 Å². The number of aliphatic hydroxyl groups excluding tert-OH is 1. The van der Waals surface area contributed by atoms with E-state index in [-0.39, 0.29) is 6.04 Å². The van der Waals surface area contributed by atoms with E-state index in [4.69, 9.17) is 6.42 Å². The number of rotatable bonds is 2. The zero-order chi connectivity index (χ0) is 15.1. The van der Waals surface area contributed by atoms with E-state index in [9.17, 15) is 5.11 Å². The van der Waals surface area contributed by atoms with Crippen molar-refractivity contribution < 1.29 is 5.11 Å². The predicted molar refractivity (Wildman–Crippen MR) is 87.1 cm³/mol. The highest BCUT2D eigenvalue weighted by Gasteiger charge is 2.42. The van der Waals surface area contributed by atoms with Gasteiger partial charge in [0.15, 0.2) is 0 Å². The van der Waals surface area contributed by atoms with Crippen LogP contribution in [0, 0.1) is 24.2 Å². The molecule has 4 heterocycles. The molecular formula is C19H20N2O. The van der Waals surface area contributed by atoms with Crippen LogP contribution >= 0.6 is 0 Å². The van der Waals surface area contributed by atoms with Crippen LogP contribution in [-0.4, -0.2) is 34.1 Å². The molecule has 1 aromatic carbocycles. The average molecular weight is 292 g/mol. The van der Waals surface area contributed by atoms with Crippen LogP contribution in [0.5, 0.6) is 0 Å². The van der Waals surface area contributed by atoms with E-state index in [1.165, 1.54) is 0 Å². The zero-order valence-electron chi connectivity index (χ0n) is 12.5. The Morgan fingerprint density at radius 3 is 2.95 bits per heavy atom. The molecule has 2 bridgehead atoms. The number of para-hydroxylation sites is 1. The number of aromatic nitrogens is 1. The summed E-state index contributed by atoms with van der Waals surface area (Å²) < 4.78 is 0. The number of nitrogens with zero attached hydrogens (tertiary/aromatic N) is 2. The molecule has 3 aliphatic heterocycles. The summed E-state index contributed by atoms with van der Waals surface area (Å²) in [5.74, 6) is 3.84. The van der Waals surface area contributed by atoms with Gasteiger partial charge in [-0.2, -0.15) is 0 Å². The number of fused-ring (bicyclic) bond motifs is 4. The van der Waals surface area contributed by atoms with E-state index in [0.29, 0.717) is 11.8 Å². The first-order chi connectivity index (χ1) is 10.8. The van der Waals surface area contributed by atoms with Gasteiger partial charge in [-0.15, -0.1) is 12.3 Å². The first kappa shape index (κ1) is 13.8. The van der Waals surface area contributed by atoms with Crippen molar-refractivity contribution in [1.29, 1.82) is 0 Å². The molecule has 0 radical (unpaired) electrons. The molecule has 5 atom stereocenters. The van der Waals surface area contributed by atoms with Crippen molar-refractivity contribution in [2.45, 2.75) is 25.0 Å². The molecule has 3 fully saturated rings. The topological polar surface area (TPSA) is 36.4 Å². The van der Waals surface area contributed by atoms with Crippen LogP contribution in [0.2, 0.25) is 0 Å². The third-order valence-corrected chi connectivity index (χ3v) is 5.38. The Hall–Kier alpha value is -1.89. The highest BCUT2D eigenvalue weighted by Crippen LogP contribution is 2.41. The molecule has 112 valence electrons. The van der Waals surface area contributed by atoms with Gasteiger partial charge < -0.3 is 5.11 Å². The van der Waals surface area contributed by atoms with Crippen molar-refractivity contribution in [3.63, 3.8) is 0 Å². The second-order valence-electron chi connectivity index (χ2n) is 6.48. The van der Waals surface area contributed by atoms with Gasteiger partial charge >= 0.3 is 0 Å². The van der Waals surface area contributed by atoms with Crippen LogP contribution in [0.15, 0.2) is 36.5 Å². The molecule has 3 aliphatic rings. The minimum atomic E-state index is -0.477. The molecule has 5 rings (SSSR count). The highest BCUT2D eigenvalue weighted by atomic mass is 16.3. The van der Waals surface area contributed by atoms with Crippen LogP contribution in [0.25, 0.3) is 10.9 Å². The molecule has 3 nitrogen and oxygen atoms in total. The minimum Gasteiger partial charge on any atom is -0.387 e. The Bertz CT molecular complexity index is 730. The van der Waals surface area contributed by atoms with Crippen molar-refractivity contribution in [2.75, 3.05) is 13.1 Å². The number of piperidine rings is 3. The fraction of sp³-hybridized carbons (Fsp3) is 0.421. The zero-order valence-corrected chi connectivity index (χ0v) is 12.5. The maximum absolute atomic E-state index is 11.0. The molecule has 0 amide bonds. The molecule has 3 heteroatoms. The quantitative estimate of drug-likeness (QED) is 0.864. The molecule has 1 aromatic heterocycles. The summed E-state index contributed by atoms with van der Waals surface area (Å²) in [7, 11) is 0. The largest absolute Gasteiger partial charge is 0.387 e. The van der Waals surface area contributed by atoms with Gasteiger partial charge in [0.1, 0.15) is 0 Å². The van der Waals surface area contributed by atoms with Gasteiger partial charge in [0, 0.05) is 30.1 Å². The molecular weight excluding hydrogens is 272 g/mol. The van der Waals surface area contributed by atoms with E-state index in [1.807, 2.05) is 30.3 Å². The van der Waals surface area contributed by atoms with Gasteiger partial charge in [0.2, 0.25) is 0 Å². The van der Waals surface area contributed by atoms with E-state index < -0.39 is 6.10 Å². The lowest BCUT2D eigenvalue weighted by Gasteiger charge is -2.50. The van der Waals surface area contributed by atoms with Crippen LogP contribution in [0.1, 0.15) is 24.5 Å². The van der Waals surface area contributed by atoms with Crippen molar-refractivity contribution in [3.05, 3.63) is 42.1 Å². The van der Waals surface area contributed by atoms with Crippen LogP contribution in [0.4, 0.5) is 0 Å². The minimum absolute atomic E-state index is 0.175. The standard InChI is InChI=1S/C19H20N2O/c1-2-13-12-21-10-8-14(13)11-18(21)19(22)16-7-9-20-17-6-4-3-5-15(16)17/h1,3-7,9,13-14,18-19,22H,8,10-12H2/t13-,14-,18-,19+/m0/s1. The van der Waals surface area contributed by atoms with Gasteiger partial charge in [0.05, 0.1) is 11.6 Å². The average Bonchev–Trinajstić information content (AvgIpc) is 2.60. The second kappa shape index (κ2) is 5.39. The van der Waals surface area contributed by atoms with E-state index in [1.54, 1.807) is 6.20 Å². The van der Waals surface area contributed by atoms with Crippen LogP contribution < -0.4 is 0 Å². The summed E-state index contributed by atoms with van der Waals surface area (Å²) in [6, 6.07) is 10.1. The van der Waals surface area contributed by atoms with Gasteiger partial charge in [-0.25, -0.2) is 0 Å².